The van der Waals surface area contributed by atoms with Crippen molar-refractivity contribution in [2.24, 2.45) is 10.8 Å². The molecule has 2 N–H and O–H groups in total. The van der Waals surface area contributed by atoms with Crippen molar-refractivity contribution in [3.63, 3.8) is 0 Å². The van der Waals surface area contributed by atoms with E-state index in [2.05, 4.69) is 10.6 Å². The van der Waals surface area contributed by atoms with E-state index in [9.17, 15) is 9.59 Å². The Morgan fingerprint density at radius 2 is 1.86 bits per heavy atom. The van der Waals surface area contributed by atoms with Crippen LogP contribution in [0.25, 0.3) is 0 Å². The molecule has 0 aromatic heterocycles. The zero-order valence-electron chi connectivity index (χ0n) is 13.6. The number of nitrogens with one attached hydrogen (secondary N) is 2. The Bertz CT molecular complexity index is 385. The van der Waals surface area contributed by atoms with E-state index in [1.54, 1.807) is 0 Å². The van der Waals surface area contributed by atoms with Crippen LogP contribution in [-0.4, -0.2) is 49.4 Å². The number of likely N-dealkylation sites (tertiary alicyclic amines) is 1. The number of piperidine rings is 1. The largest absolute Gasteiger partial charge is 0.347 e. The lowest BCUT2D eigenvalue weighted by Gasteiger charge is -2.38. The predicted molar refractivity (Wildman–Crippen MR) is 82.8 cm³/mol. The summed E-state index contributed by atoms with van der Waals surface area (Å²) in [4.78, 5) is 25.8. The summed E-state index contributed by atoms with van der Waals surface area (Å²) in [5.74, 6) is 0.0161. The lowest BCUT2D eigenvalue weighted by Crippen LogP contribution is -2.47. The standard InChI is InChI=1S/C16H29N3O2/c1-15(2,3)10-13(20)18-11-14(21)19-8-5-16(6-9-19)4-7-17-12-16/h17H,4-12H2,1-3H3,(H,18,20). The van der Waals surface area contributed by atoms with Gasteiger partial charge in [-0.1, -0.05) is 20.8 Å². The Labute approximate surface area is 127 Å². The molecular formula is C16H29N3O2. The highest BCUT2D eigenvalue weighted by Gasteiger charge is 2.37. The molecule has 21 heavy (non-hydrogen) atoms. The number of carbonyl (C=O) groups is 2. The average Bonchev–Trinajstić information content (AvgIpc) is 2.83. The molecule has 2 fully saturated rings. The molecule has 2 heterocycles. The number of rotatable bonds is 3. The number of nitrogens with zero attached hydrogens (tertiary/aromatic N) is 1. The van der Waals surface area contributed by atoms with Crippen LogP contribution in [0.3, 0.4) is 0 Å². The minimum atomic E-state index is -0.0416. The highest BCUT2D eigenvalue weighted by Crippen LogP contribution is 2.36. The first kappa shape index (κ1) is 16.3. The van der Waals surface area contributed by atoms with Crippen LogP contribution >= 0.6 is 0 Å². The average molecular weight is 295 g/mol. The second kappa shape index (κ2) is 6.34. The summed E-state index contributed by atoms with van der Waals surface area (Å²) in [6.07, 6.45) is 3.86. The van der Waals surface area contributed by atoms with E-state index in [-0.39, 0.29) is 23.8 Å². The van der Waals surface area contributed by atoms with Crippen LogP contribution in [0.4, 0.5) is 0 Å². The van der Waals surface area contributed by atoms with E-state index in [1.165, 1.54) is 6.42 Å². The van der Waals surface area contributed by atoms with E-state index in [4.69, 9.17) is 0 Å². The Hall–Kier alpha value is -1.10. The zero-order chi connectivity index (χ0) is 15.5. The Kier molecular flexibility index (Phi) is 4.91. The zero-order valence-corrected chi connectivity index (χ0v) is 13.6. The van der Waals surface area contributed by atoms with Gasteiger partial charge in [0, 0.05) is 26.1 Å². The van der Waals surface area contributed by atoms with Gasteiger partial charge in [-0.05, 0) is 36.6 Å². The summed E-state index contributed by atoms with van der Waals surface area (Å²) in [6.45, 7) is 10.1. The molecule has 0 unspecified atom stereocenters. The smallest absolute Gasteiger partial charge is 0.241 e. The lowest BCUT2D eigenvalue weighted by molar-refractivity contribution is -0.135. The van der Waals surface area contributed by atoms with Crippen molar-refractivity contribution in [3.8, 4) is 0 Å². The van der Waals surface area contributed by atoms with Crippen molar-refractivity contribution in [3.05, 3.63) is 0 Å². The van der Waals surface area contributed by atoms with Crippen molar-refractivity contribution >= 4 is 11.8 Å². The summed E-state index contributed by atoms with van der Waals surface area (Å²) in [7, 11) is 0. The maximum atomic E-state index is 12.2. The number of hydrogen-bond donors (Lipinski definition) is 2. The fourth-order valence-corrected chi connectivity index (χ4v) is 3.28. The number of carbonyl (C=O) groups excluding carboxylic acids is 2. The molecule has 2 aliphatic rings. The van der Waals surface area contributed by atoms with Crippen LogP contribution < -0.4 is 10.6 Å². The third kappa shape index (κ3) is 4.70. The number of hydrogen-bond acceptors (Lipinski definition) is 3. The second-order valence-corrected chi connectivity index (χ2v) is 7.82. The molecule has 120 valence electrons. The van der Waals surface area contributed by atoms with E-state index >= 15 is 0 Å². The monoisotopic (exact) mass is 295 g/mol. The van der Waals surface area contributed by atoms with E-state index in [0.717, 1.165) is 39.0 Å². The van der Waals surface area contributed by atoms with Gasteiger partial charge in [0.15, 0.2) is 0 Å². The Balaban J connectivity index is 1.71. The van der Waals surface area contributed by atoms with Gasteiger partial charge in [0.2, 0.25) is 11.8 Å². The summed E-state index contributed by atoms with van der Waals surface area (Å²) in [5, 5.41) is 6.18. The minimum Gasteiger partial charge on any atom is -0.347 e. The maximum absolute atomic E-state index is 12.2. The SMILES string of the molecule is CC(C)(C)CC(=O)NCC(=O)N1CCC2(CCNC2)CC1. The fraction of sp³-hybridized carbons (Fsp3) is 0.875. The van der Waals surface area contributed by atoms with Crippen LogP contribution in [0.5, 0.6) is 0 Å². The van der Waals surface area contributed by atoms with Crippen LogP contribution in [0.1, 0.15) is 46.5 Å². The Morgan fingerprint density at radius 1 is 1.19 bits per heavy atom. The minimum absolute atomic E-state index is 0.0377. The van der Waals surface area contributed by atoms with Gasteiger partial charge in [-0.3, -0.25) is 9.59 Å². The van der Waals surface area contributed by atoms with Gasteiger partial charge in [0.1, 0.15) is 0 Å². The molecule has 0 radical (unpaired) electrons. The highest BCUT2D eigenvalue weighted by molar-refractivity contribution is 5.85. The van der Waals surface area contributed by atoms with Crippen molar-refractivity contribution < 1.29 is 9.59 Å². The van der Waals surface area contributed by atoms with Crippen LogP contribution in [0, 0.1) is 10.8 Å². The summed E-state index contributed by atoms with van der Waals surface area (Å²) in [5.41, 5.74) is 0.381. The van der Waals surface area contributed by atoms with Gasteiger partial charge < -0.3 is 15.5 Å². The molecule has 2 saturated heterocycles. The topological polar surface area (TPSA) is 61.4 Å². The molecule has 2 rings (SSSR count). The summed E-state index contributed by atoms with van der Waals surface area (Å²) < 4.78 is 0. The molecule has 5 nitrogen and oxygen atoms in total. The molecule has 5 heteroatoms. The van der Waals surface area contributed by atoms with Crippen molar-refractivity contribution in [2.75, 3.05) is 32.7 Å². The van der Waals surface area contributed by atoms with Gasteiger partial charge in [-0.15, -0.1) is 0 Å². The van der Waals surface area contributed by atoms with Crippen molar-refractivity contribution in [2.45, 2.75) is 46.5 Å². The van der Waals surface area contributed by atoms with Crippen LogP contribution in [-0.2, 0) is 9.59 Å². The molecular weight excluding hydrogens is 266 g/mol. The predicted octanol–water partition coefficient (Wildman–Crippen LogP) is 1.14. The van der Waals surface area contributed by atoms with Gasteiger partial charge in [-0.25, -0.2) is 0 Å². The molecule has 0 atom stereocenters. The second-order valence-electron chi connectivity index (χ2n) is 7.82. The molecule has 0 saturated carbocycles. The molecule has 1 spiro atoms. The first-order valence-corrected chi connectivity index (χ1v) is 8.05. The third-order valence-corrected chi connectivity index (χ3v) is 4.64. The molecule has 0 aromatic rings. The fourth-order valence-electron chi connectivity index (χ4n) is 3.28. The molecule has 0 aromatic carbocycles. The van der Waals surface area contributed by atoms with E-state index in [1.807, 2.05) is 25.7 Å². The summed E-state index contributed by atoms with van der Waals surface area (Å²) >= 11 is 0. The molecule has 0 aliphatic carbocycles. The van der Waals surface area contributed by atoms with Gasteiger partial charge >= 0.3 is 0 Å². The molecule has 2 aliphatic heterocycles. The van der Waals surface area contributed by atoms with E-state index < -0.39 is 0 Å². The van der Waals surface area contributed by atoms with E-state index in [0.29, 0.717) is 11.8 Å². The van der Waals surface area contributed by atoms with Crippen molar-refractivity contribution in [1.82, 2.24) is 15.5 Å². The quantitative estimate of drug-likeness (QED) is 0.821. The summed E-state index contributed by atoms with van der Waals surface area (Å²) in [6, 6.07) is 0. The Morgan fingerprint density at radius 3 is 2.38 bits per heavy atom. The first-order valence-electron chi connectivity index (χ1n) is 8.05. The van der Waals surface area contributed by atoms with Gasteiger partial charge in [0.05, 0.1) is 6.54 Å². The molecule has 2 amide bonds. The third-order valence-electron chi connectivity index (χ3n) is 4.64. The normalized spacial score (nSPS) is 21.6. The maximum Gasteiger partial charge on any atom is 0.241 e. The van der Waals surface area contributed by atoms with Gasteiger partial charge in [0.25, 0.3) is 0 Å². The first-order chi connectivity index (χ1) is 9.80. The van der Waals surface area contributed by atoms with Crippen LogP contribution in [0.15, 0.2) is 0 Å². The number of amides is 2. The van der Waals surface area contributed by atoms with Crippen molar-refractivity contribution in [1.29, 1.82) is 0 Å². The van der Waals surface area contributed by atoms with Crippen LogP contribution in [0.2, 0.25) is 0 Å². The lowest BCUT2D eigenvalue weighted by atomic mass is 9.78. The van der Waals surface area contributed by atoms with Gasteiger partial charge in [-0.2, -0.15) is 0 Å². The molecule has 0 bridgehead atoms. The highest BCUT2D eigenvalue weighted by atomic mass is 16.2.